The summed E-state index contributed by atoms with van der Waals surface area (Å²) in [7, 11) is 0. The van der Waals surface area contributed by atoms with Crippen molar-refractivity contribution < 1.29 is 5.11 Å². The number of aromatic nitrogens is 2. The van der Waals surface area contributed by atoms with Gasteiger partial charge in [0.15, 0.2) is 5.15 Å². The first-order chi connectivity index (χ1) is 6.72. The Balaban J connectivity index is 2.65. The minimum Gasteiger partial charge on any atom is -0.399 e. The third kappa shape index (κ3) is 1.42. The number of hydrogen-bond donors (Lipinski definition) is 2. The first-order valence-electron chi connectivity index (χ1n) is 4.25. The van der Waals surface area contributed by atoms with Crippen LogP contribution in [0.5, 0.6) is 0 Å². The number of nitrogens with two attached hydrogens (primary N) is 1. The number of hydrogen-bond acceptors (Lipinski definition) is 3. The zero-order valence-corrected chi connectivity index (χ0v) is 8.20. The van der Waals surface area contributed by atoms with Gasteiger partial charge in [0.25, 0.3) is 0 Å². The highest BCUT2D eigenvalue weighted by Crippen LogP contribution is 2.20. The molecule has 2 aromatic rings. The number of nitrogen functional groups attached to an aromatic ring is 1. The molecule has 0 unspecified atom stereocenters. The highest BCUT2D eigenvalue weighted by atomic mass is 35.5. The number of anilines is 1. The van der Waals surface area contributed by atoms with Gasteiger partial charge in [0.05, 0.1) is 12.1 Å². The molecule has 3 N–H and O–H groups in total. The third-order valence-electron chi connectivity index (χ3n) is 2.03. The van der Waals surface area contributed by atoms with Crippen LogP contribution in [0.3, 0.4) is 0 Å². The highest BCUT2D eigenvalue weighted by molar-refractivity contribution is 6.32. The number of nitrogens with zero attached hydrogens (tertiary/aromatic N) is 2. The van der Waals surface area contributed by atoms with E-state index in [-0.39, 0.29) is 6.61 Å². The van der Waals surface area contributed by atoms with Gasteiger partial charge >= 0.3 is 0 Å². The van der Waals surface area contributed by atoms with Crippen molar-refractivity contribution in [3.8, 4) is 0 Å². The van der Waals surface area contributed by atoms with Crippen LogP contribution in [0, 0.1) is 0 Å². The van der Waals surface area contributed by atoms with Gasteiger partial charge in [0.2, 0.25) is 0 Å². The molecule has 0 amide bonds. The van der Waals surface area contributed by atoms with E-state index in [2.05, 4.69) is 4.98 Å². The molecule has 0 spiro atoms. The summed E-state index contributed by atoms with van der Waals surface area (Å²) in [6, 6.07) is 3.53. The minimum atomic E-state index is 0.0554. The zero-order valence-electron chi connectivity index (χ0n) is 7.44. The Kier molecular flexibility index (Phi) is 2.31. The molecule has 4 nitrogen and oxygen atoms in total. The minimum absolute atomic E-state index is 0.0554. The van der Waals surface area contributed by atoms with Gasteiger partial charge in [0.1, 0.15) is 5.82 Å². The third-order valence-corrected chi connectivity index (χ3v) is 2.31. The van der Waals surface area contributed by atoms with Gasteiger partial charge in [-0.25, -0.2) is 4.98 Å². The lowest BCUT2D eigenvalue weighted by Crippen LogP contribution is -1.98. The van der Waals surface area contributed by atoms with Gasteiger partial charge in [-0.15, -0.1) is 0 Å². The molecule has 0 aromatic carbocycles. The Hall–Kier alpha value is -1.26. The summed E-state index contributed by atoms with van der Waals surface area (Å²) < 4.78 is 1.83. The fourth-order valence-corrected chi connectivity index (χ4v) is 1.64. The molecule has 2 aromatic heterocycles. The lowest BCUT2D eigenvalue weighted by molar-refractivity contribution is 0.296. The van der Waals surface area contributed by atoms with Crippen molar-refractivity contribution in [2.75, 3.05) is 12.3 Å². The molecule has 74 valence electrons. The van der Waals surface area contributed by atoms with Crippen LogP contribution < -0.4 is 5.73 Å². The Bertz CT molecular complexity index is 466. The Morgan fingerprint density at radius 1 is 1.57 bits per heavy atom. The van der Waals surface area contributed by atoms with Gasteiger partial charge in [-0.05, 0) is 12.1 Å². The summed E-state index contributed by atoms with van der Waals surface area (Å²) in [5, 5.41) is 9.24. The quantitative estimate of drug-likeness (QED) is 0.782. The summed E-state index contributed by atoms with van der Waals surface area (Å²) in [4.78, 5) is 4.13. The molecule has 5 heteroatoms. The predicted octanol–water partition coefficient (Wildman–Crippen LogP) is 1.10. The van der Waals surface area contributed by atoms with Crippen molar-refractivity contribution in [1.29, 1.82) is 0 Å². The van der Waals surface area contributed by atoms with E-state index in [4.69, 9.17) is 22.4 Å². The molecule has 2 rings (SSSR count). The largest absolute Gasteiger partial charge is 0.399 e. The molecule has 0 radical (unpaired) electrons. The summed E-state index contributed by atoms with van der Waals surface area (Å²) >= 11 is 5.92. The zero-order chi connectivity index (χ0) is 10.1. The number of aliphatic hydroxyl groups is 1. The summed E-state index contributed by atoms with van der Waals surface area (Å²) in [6.07, 6.45) is 2.28. The Morgan fingerprint density at radius 2 is 2.36 bits per heavy atom. The lowest BCUT2D eigenvalue weighted by Gasteiger charge is -1.99. The maximum atomic E-state index is 8.82. The molecule has 0 bridgehead atoms. The molecule has 0 aliphatic carbocycles. The summed E-state index contributed by atoms with van der Waals surface area (Å²) in [5.41, 5.74) is 7.05. The fourth-order valence-electron chi connectivity index (χ4n) is 1.40. The SMILES string of the molecule is Nc1ccn2c(CCO)nc(Cl)c2c1. The first-order valence-corrected chi connectivity index (χ1v) is 4.63. The van der Waals surface area contributed by atoms with Crippen molar-refractivity contribution in [2.45, 2.75) is 6.42 Å². The molecule has 0 atom stereocenters. The van der Waals surface area contributed by atoms with Crippen LogP contribution in [-0.4, -0.2) is 21.1 Å². The van der Waals surface area contributed by atoms with E-state index >= 15 is 0 Å². The average Bonchev–Trinajstić information content (AvgIpc) is 2.44. The van der Waals surface area contributed by atoms with Crippen molar-refractivity contribution >= 4 is 22.8 Å². The van der Waals surface area contributed by atoms with E-state index in [0.717, 1.165) is 11.3 Å². The molecule has 0 fully saturated rings. The number of aliphatic hydroxyl groups excluding tert-OH is 1. The van der Waals surface area contributed by atoms with Crippen LogP contribution in [0.25, 0.3) is 5.52 Å². The van der Waals surface area contributed by atoms with E-state index in [1.54, 1.807) is 18.3 Å². The second-order valence-corrected chi connectivity index (χ2v) is 3.37. The number of halogens is 1. The van der Waals surface area contributed by atoms with Crippen LogP contribution >= 0.6 is 11.6 Å². The van der Waals surface area contributed by atoms with E-state index in [0.29, 0.717) is 17.3 Å². The topological polar surface area (TPSA) is 63.5 Å². The molecular formula is C9H10ClN3O. The highest BCUT2D eigenvalue weighted by Gasteiger charge is 2.08. The van der Waals surface area contributed by atoms with E-state index in [9.17, 15) is 0 Å². The van der Waals surface area contributed by atoms with Crippen molar-refractivity contribution in [3.63, 3.8) is 0 Å². The normalized spacial score (nSPS) is 11.0. The average molecular weight is 212 g/mol. The van der Waals surface area contributed by atoms with Crippen LogP contribution in [0.2, 0.25) is 5.15 Å². The molecule has 0 aliphatic rings. The molecule has 0 saturated carbocycles. The maximum absolute atomic E-state index is 8.82. The smallest absolute Gasteiger partial charge is 0.155 e. The van der Waals surface area contributed by atoms with Crippen molar-refractivity contribution in [1.82, 2.24) is 9.38 Å². The van der Waals surface area contributed by atoms with Crippen LogP contribution in [0.1, 0.15) is 5.82 Å². The number of pyridine rings is 1. The van der Waals surface area contributed by atoms with Crippen LogP contribution in [0.15, 0.2) is 18.3 Å². The van der Waals surface area contributed by atoms with Crippen LogP contribution in [-0.2, 0) is 6.42 Å². The van der Waals surface area contributed by atoms with Gasteiger partial charge < -0.3 is 15.2 Å². The van der Waals surface area contributed by atoms with Crippen molar-refractivity contribution in [2.24, 2.45) is 0 Å². The fraction of sp³-hybridized carbons (Fsp3) is 0.222. The Morgan fingerprint density at radius 3 is 3.07 bits per heavy atom. The van der Waals surface area contributed by atoms with Gasteiger partial charge in [-0.1, -0.05) is 11.6 Å². The lowest BCUT2D eigenvalue weighted by atomic mass is 10.3. The second kappa shape index (κ2) is 3.48. The second-order valence-electron chi connectivity index (χ2n) is 3.01. The predicted molar refractivity (Wildman–Crippen MR) is 55.4 cm³/mol. The standard InChI is InChI=1S/C9H10ClN3O/c10-9-7-5-6(11)1-3-13(7)8(12-9)2-4-14/h1,3,5,14H,2,4,11H2. The number of fused-ring (bicyclic) bond motifs is 1. The molecule has 0 aliphatic heterocycles. The van der Waals surface area contributed by atoms with Gasteiger partial charge in [0, 0.05) is 18.3 Å². The number of rotatable bonds is 2. The van der Waals surface area contributed by atoms with E-state index in [1.807, 2.05) is 4.40 Å². The van der Waals surface area contributed by atoms with Gasteiger partial charge in [-0.2, -0.15) is 0 Å². The van der Waals surface area contributed by atoms with E-state index < -0.39 is 0 Å². The molecular weight excluding hydrogens is 202 g/mol. The monoisotopic (exact) mass is 211 g/mol. The number of imidazole rings is 1. The van der Waals surface area contributed by atoms with E-state index in [1.165, 1.54) is 0 Å². The summed E-state index contributed by atoms with van der Waals surface area (Å²) in [6.45, 7) is 0.0554. The van der Waals surface area contributed by atoms with Crippen molar-refractivity contribution in [3.05, 3.63) is 29.3 Å². The van der Waals surface area contributed by atoms with Crippen LogP contribution in [0.4, 0.5) is 5.69 Å². The van der Waals surface area contributed by atoms with Gasteiger partial charge in [-0.3, -0.25) is 0 Å². The molecule has 14 heavy (non-hydrogen) atoms. The summed E-state index contributed by atoms with van der Waals surface area (Å²) in [5.74, 6) is 0.743. The maximum Gasteiger partial charge on any atom is 0.155 e. The molecule has 2 heterocycles. The first kappa shape index (κ1) is 9.30. The molecule has 0 saturated heterocycles. The Labute approximate surface area is 85.9 Å².